The third-order valence-electron chi connectivity index (χ3n) is 3.10. The Hall–Kier alpha value is -2.05. The first kappa shape index (κ1) is 17.3. The van der Waals surface area contributed by atoms with Gasteiger partial charge in [-0.3, -0.25) is 9.59 Å². The third-order valence-corrected chi connectivity index (χ3v) is 4.18. The van der Waals surface area contributed by atoms with Gasteiger partial charge in [-0.1, -0.05) is 11.6 Å². The topological polar surface area (TPSA) is 67.4 Å². The fraction of sp³-hybridized carbons (Fsp3) is 0.250. The molecule has 2 rings (SSSR count). The minimum atomic E-state index is -1.11. The van der Waals surface area contributed by atoms with Gasteiger partial charge in [-0.25, -0.2) is 0 Å². The number of rotatable bonds is 5. The van der Waals surface area contributed by atoms with Crippen LogP contribution in [0.1, 0.15) is 24.2 Å². The van der Waals surface area contributed by atoms with Crippen LogP contribution < -0.4 is 15.4 Å². The zero-order valence-electron chi connectivity index (χ0n) is 13.0. The molecule has 0 aliphatic carbocycles. The number of amides is 2. The number of carbonyl (C=O) groups is 2. The summed E-state index contributed by atoms with van der Waals surface area (Å²) in [6.45, 7) is 3.31. The molecular formula is C16H17ClN2O3S. The Kier molecular flexibility index (Phi) is 5.28. The van der Waals surface area contributed by atoms with E-state index >= 15 is 0 Å². The van der Waals surface area contributed by atoms with Crippen LogP contribution >= 0.6 is 22.9 Å². The monoisotopic (exact) mass is 352 g/mol. The van der Waals surface area contributed by atoms with Crippen LogP contribution in [0.25, 0.3) is 0 Å². The quantitative estimate of drug-likeness (QED) is 0.864. The summed E-state index contributed by atoms with van der Waals surface area (Å²) in [7, 11) is 1.54. The number of hydrogen-bond acceptors (Lipinski definition) is 4. The first-order valence-corrected chi connectivity index (χ1v) is 8.15. The molecule has 2 N–H and O–H groups in total. The van der Waals surface area contributed by atoms with E-state index in [1.807, 2.05) is 0 Å². The molecular weight excluding hydrogens is 336 g/mol. The molecule has 0 spiro atoms. The Balaban J connectivity index is 2.11. The number of halogens is 1. The standard InChI is InChI=1S/C16H17ClN2O3S/c1-16(2,22-11-6-4-10(17)5-7-11)15(21)19-14-12(8-9-23-14)13(20)18-3/h4-9H,1-3H3,(H,18,20)(H,19,21). The van der Waals surface area contributed by atoms with E-state index in [0.29, 0.717) is 21.3 Å². The summed E-state index contributed by atoms with van der Waals surface area (Å²) in [6, 6.07) is 8.42. The average Bonchev–Trinajstić information content (AvgIpc) is 2.96. The maximum Gasteiger partial charge on any atom is 0.268 e. The van der Waals surface area contributed by atoms with Crippen LogP contribution in [0.5, 0.6) is 5.75 Å². The fourth-order valence-corrected chi connectivity index (χ4v) is 2.72. The van der Waals surface area contributed by atoms with Crippen LogP contribution in [0.4, 0.5) is 5.00 Å². The highest BCUT2D eigenvalue weighted by Gasteiger charge is 2.31. The molecule has 0 aliphatic rings. The molecule has 0 bridgehead atoms. The summed E-state index contributed by atoms with van der Waals surface area (Å²) in [5.41, 5.74) is -0.689. The maximum atomic E-state index is 12.5. The summed E-state index contributed by atoms with van der Waals surface area (Å²) >= 11 is 7.11. The number of nitrogens with one attached hydrogen (secondary N) is 2. The molecule has 1 heterocycles. The Morgan fingerprint density at radius 3 is 2.43 bits per heavy atom. The van der Waals surface area contributed by atoms with Gasteiger partial charge in [0.25, 0.3) is 11.8 Å². The highest BCUT2D eigenvalue weighted by molar-refractivity contribution is 7.14. The minimum absolute atomic E-state index is 0.252. The summed E-state index contributed by atoms with van der Waals surface area (Å²) in [6.07, 6.45) is 0. The van der Waals surface area contributed by atoms with E-state index in [9.17, 15) is 9.59 Å². The Labute approximate surface area is 143 Å². The largest absolute Gasteiger partial charge is 0.478 e. The summed E-state index contributed by atoms with van der Waals surface area (Å²) in [5, 5.41) is 8.11. The van der Waals surface area contributed by atoms with Gasteiger partial charge < -0.3 is 15.4 Å². The molecule has 1 aromatic carbocycles. The van der Waals surface area contributed by atoms with Crippen LogP contribution in [-0.2, 0) is 4.79 Å². The fourth-order valence-electron chi connectivity index (χ4n) is 1.82. The lowest BCUT2D eigenvalue weighted by atomic mass is 10.1. The van der Waals surface area contributed by atoms with Crippen LogP contribution in [0.3, 0.4) is 0 Å². The van der Waals surface area contributed by atoms with E-state index in [1.165, 1.54) is 11.3 Å². The van der Waals surface area contributed by atoms with Crippen LogP contribution in [0.2, 0.25) is 5.02 Å². The molecule has 7 heteroatoms. The lowest BCUT2D eigenvalue weighted by Crippen LogP contribution is -2.42. The summed E-state index contributed by atoms with van der Waals surface area (Å²) in [4.78, 5) is 24.2. The van der Waals surface area contributed by atoms with Gasteiger partial charge in [0.1, 0.15) is 10.8 Å². The van der Waals surface area contributed by atoms with Gasteiger partial charge in [0.2, 0.25) is 0 Å². The summed E-state index contributed by atoms with van der Waals surface area (Å²) < 4.78 is 5.73. The van der Waals surface area contributed by atoms with E-state index in [0.717, 1.165) is 0 Å². The van der Waals surface area contributed by atoms with Gasteiger partial charge in [-0.05, 0) is 49.6 Å². The molecule has 1 aromatic heterocycles. The number of carbonyl (C=O) groups excluding carboxylic acids is 2. The Bertz CT molecular complexity index is 710. The van der Waals surface area contributed by atoms with Gasteiger partial charge in [0.05, 0.1) is 5.56 Å². The highest BCUT2D eigenvalue weighted by Crippen LogP contribution is 2.26. The zero-order chi connectivity index (χ0) is 17.0. The van der Waals surface area contributed by atoms with Gasteiger partial charge in [-0.15, -0.1) is 11.3 Å². The molecule has 2 aromatic rings. The number of benzene rings is 1. The smallest absolute Gasteiger partial charge is 0.268 e. The van der Waals surface area contributed by atoms with Crippen molar-refractivity contribution in [1.82, 2.24) is 5.32 Å². The second kappa shape index (κ2) is 7.02. The predicted molar refractivity (Wildman–Crippen MR) is 92.5 cm³/mol. The van der Waals surface area contributed by atoms with Gasteiger partial charge in [0, 0.05) is 12.1 Å². The molecule has 5 nitrogen and oxygen atoms in total. The Morgan fingerprint density at radius 1 is 1.17 bits per heavy atom. The van der Waals surface area contributed by atoms with E-state index in [4.69, 9.17) is 16.3 Å². The average molecular weight is 353 g/mol. The normalized spacial score (nSPS) is 11.0. The van der Waals surface area contributed by atoms with E-state index in [1.54, 1.807) is 56.6 Å². The highest BCUT2D eigenvalue weighted by atomic mass is 35.5. The van der Waals surface area contributed by atoms with E-state index < -0.39 is 5.60 Å². The summed E-state index contributed by atoms with van der Waals surface area (Å²) in [5.74, 6) is -0.0646. The van der Waals surface area contributed by atoms with Crippen molar-refractivity contribution >= 4 is 39.8 Å². The SMILES string of the molecule is CNC(=O)c1ccsc1NC(=O)C(C)(C)Oc1ccc(Cl)cc1. The first-order chi connectivity index (χ1) is 10.8. The van der Waals surface area contributed by atoms with Crippen molar-refractivity contribution in [2.24, 2.45) is 0 Å². The van der Waals surface area contributed by atoms with Gasteiger partial charge in [0.15, 0.2) is 5.60 Å². The molecule has 0 atom stereocenters. The van der Waals surface area contributed by atoms with Crippen molar-refractivity contribution in [2.45, 2.75) is 19.4 Å². The van der Waals surface area contributed by atoms with Crippen LogP contribution in [0.15, 0.2) is 35.7 Å². The van der Waals surface area contributed by atoms with Crippen molar-refractivity contribution in [3.63, 3.8) is 0 Å². The van der Waals surface area contributed by atoms with E-state index in [2.05, 4.69) is 10.6 Å². The minimum Gasteiger partial charge on any atom is -0.478 e. The van der Waals surface area contributed by atoms with Crippen molar-refractivity contribution in [2.75, 3.05) is 12.4 Å². The first-order valence-electron chi connectivity index (χ1n) is 6.89. The zero-order valence-corrected chi connectivity index (χ0v) is 14.5. The molecule has 2 amide bonds. The number of anilines is 1. The maximum absolute atomic E-state index is 12.5. The van der Waals surface area contributed by atoms with E-state index in [-0.39, 0.29) is 11.8 Å². The lowest BCUT2D eigenvalue weighted by molar-refractivity contribution is -0.128. The molecule has 0 aliphatic heterocycles. The number of ether oxygens (including phenoxy) is 1. The lowest BCUT2D eigenvalue weighted by Gasteiger charge is -2.25. The van der Waals surface area contributed by atoms with Crippen molar-refractivity contribution in [3.8, 4) is 5.75 Å². The van der Waals surface area contributed by atoms with Crippen molar-refractivity contribution in [3.05, 3.63) is 46.3 Å². The predicted octanol–water partition coefficient (Wildman–Crippen LogP) is 3.56. The second-order valence-corrected chi connectivity index (χ2v) is 6.62. The molecule has 0 radical (unpaired) electrons. The van der Waals surface area contributed by atoms with Crippen molar-refractivity contribution in [1.29, 1.82) is 0 Å². The molecule has 0 unspecified atom stereocenters. The molecule has 0 saturated carbocycles. The Morgan fingerprint density at radius 2 is 1.83 bits per heavy atom. The molecule has 122 valence electrons. The molecule has 0 saturated heterocycles. The van der Waals surface area contributed by atoms with Gasteiger partial charge >= 0.3 is 0 Å². The molecule has 23 heavy (non-hydrogen) atoms. The third kappa shape index (κ3) is 4.24. The molecule has 0 fully saturated rings. The van der Waals surface area contributed by atoms with Crippen LogP contribution in [-0.4, -0.2) is 24.5 Å². The number of hydrogen-bond donors (Lipinski definition) is 2. The second-order valence-electron chi connectivity index (χ2n) is 5.26. The van der Waals surface area contributed by atoms with Gasteiger partial charge in [-0.2, -0.15) is 0 Å². The van der Waals surface area contributed by atoms with Crippen LogP contribution in [0, 0.1) is 0 Å². The number of thiophene rings is 1. The van der Waals surface area contributed by atoms with Crippen molar-refractivity contribution < 1.29 is 14.3 Å².